The minimum atomic E-state index is -0.109. The Morgan fingerprint density at radius 3 is 2.62 bits per heavy atom. The van der Waals surface area contributed by atoms with E-state index in [4.69, 9.17) is 4.74 Å². The molecule has 7 nitrogen and oxygen atoms in total. The Kier molecular flexibility index (Phi) is 6.35. The van der Waals surface area contributed by atoms with Crippen molar-refractivity contribution in [3.63, 3.8) is 0 Å². The highest BCUT2D eigenvalue weighted by Crippen LogP contribution is 2.23. The fraction of sp³-hybridized carbons (Fsp3) is 0.360. The van der Waals surface area contributed by atoms with E-state index in [0.717, 1.165) is 23.6 Å². The third-order valence-corrected chi connectivity index (χ3v) is 6.05. The molecular formula is C25H30N4O3. The third kappa shape index (κ3) is 4.72. The van der Waals surface area contributed by atoms with Crippen LogP contribution in [0.5, 0.6) is 5.75 Å². The molecule has 2 aromatic rings. The zero-order valence-corrected chi connectivity index (χ0v) is 18.9. The fourth-order valence-electron chi connectivity index (χ4n) is 4.24. The number of hydrogen-bond acceptors (Lipinski definition) is 5. The molecule has 168 valence electrons. The van der Waals surface area contributed by atoms with Gasteiger partial charge in [-0.1, -0.05) is 12.1 Å². The Hall–Kier alpha value is -3.48. The van der Waals surface area contributed by atoms with E-state index in [9.17, 15) is 9.59 Å². The summed E-state index contributed by atoms with van der Waals surface area (Å²) >= 11 is 0. The monoisotopic (exact) mass is 434 g/mol. The van der Waals surface area contributed by atoms with Crippen molar-refractivity contribution in [3.8, 4) is 5.75 Å². The van der Waals surface area contributed by atoms with Gasteiger partial charge in [-0.2, -0.15) is 0 Å². The van der Waals surface area contributed by atoms with Crippen molar-refractivity contribution in [2.24, 2.45) is 0 Å². The Morgan fingerprint density at radius 1 is 1.16 bits per heavy atom. The molecule has 0 radical (unpaired) electrons. The van der Waals surface area contributed by atoms with Gasteiger partial charge in [0.25, 0.3) is 0 Å². The lowest BCUT2D eigenvalue weighted by molar-refractivity contribution is -0.142. The van der Waals surface area contributed by atoms with Gasteiger partial charge in [-0.3, -0.25) is 15.0 Å². The number of hydrogen-bond donors (Lipinski definition) is 1. The number of nitrogens with zero attached hydrogens (tertiary/aromatic N) is 3. The predicted molar refractivity (Wildman–Crippen MR) is 125 cm³/mol. The number of piperazine rings is 1. The minimum Gasteiger partial charge on any atom is -0.497 e. The molecule has 1 saturated heterocycles. The standard InChI is InChI=1S/C25H30N4O3/c1-18-5-4-6-21(15-18)28-14-13-27(16-19(28)2)25(31)17-29-24(30)12-11-23(26-29)20-7-9-22(32-3)10-8-20/h4-11,15,19,26H,12-14,16-17H2,1-3H3. The molecule has 32 heavy (non-hydrogen) atoms. The van der Waals surface area contributed by atoms with Crippen LogP contribution in [-0.4, -0.2) is 61.1 Å². The number of amides is 2. The zero-order valence-electron chi connectivity index (χ0n) is 18.9. The number of methoxy groups -OCH3 is 1. The second-order valence-electron chi connectivity index (χ2n) is 8.36. The van der Waals surface area contributed by atoms with Gasteiger partial charge in [0.2, 0.25) is 11.8 Å². The normalized spacial score (nSPS) is 18.8. The van der Waals surface area contributed by atoms with Gasteiger partial charge >= 0.3 is 0 Å². The lowest BCUT2D eigenvalue weighted by Gasteiger charge is -2.42. The Morgan fingerprint density at radius 2 is 1.94 bits per heavy atom. The molecule has 0 aromatic heterocycles. The van der Waals surface area contributed by atoms with Crippen molar-refractivity contribution in [1.29, 1.82) is 0 Å². The van der Waals surface area contributed by atoms with Crippen molar-refractivity contribution >= 4 is 23.2 Å². The summed E-state index contributed by atoms with van der Waals surface area (Å²) in [7, 11) is 1.63. The number of benzene rings is 2. The molecule has 2 aliphatic rings. The van der Waals surface area contributed by atoms with E-state index in [1.807, 2.05) is 35.2 Å². The van der Waals surface area contributed by atoms with Crippen LogP contribution in [0.15, 0.2) is 54.6 Å². The molecule has 2 amide bonds. The van der Waals surface area contributed by atoms with E-state index in [2.05, 4.69) is 48.4 Å². The predicted octanol–water partition coefficient (Wildman–Crippen LogP) is 2.82. The zero-order chi connectivity index (χ0) is 22.7. The van der Waals surface area contributed by atoms with Gasteiger partial charge in [0.15, 0.2) is 0 Å². The Balaban J connectivity index is 1.37. The maximum atomic E-state index is 13.0. The van der Waals surface area contributed by atoms with Crippen LogP contribution in [-0.2, 0) is 9.59 Å². The summed E-state index contributed by atoms with van der Waals surface area (Å²) in [5.74, 6) is 0.617. The molecule has 1 fully saturated rings. The van der Waals surface area contributed by atoms with Crippen LogP contribution in [0.25, 0.3) is 5.70 Å². The Labute approximate surface area is 189 Å². The number of rotatable bonds is 5. The molecule has 2 aromatic carbocycles. The summed E-state index contributed by atoms with van der Waals surface area (Å²) < 4.78 is 5.21. The van der Waals surface area contributed by atoms with Crippen LogP contribution >= 0.6 is 0 Å². The van der Waals surface area contributed by atoms with Crippen LogP contribution < -0.4 is 15.1 Å². The number of aryl methyl sites for hydroxylation is 1. The first-order valence-electron chi connectivity index (χ1n) is 11.0. The van der Waals surface area contributed by atoms with Crippen molar-refractivity contribution in [3.05, 3.63) is 65.7 Å². The van der Waals surface area contributed by atoms with Gasteiger partial charge in [0.05, 0.1) is 12.8 Å². The second kappa shape index (κ2) is 9.34. The van der Waals surface area contributed by atoms with E-state index in [-0.39, 0.29) is 30.8 Å². The van der Waals surface area contributed by atoms with Crippen LogP contribution in [0.2, 0.25) is 0 Å². The van der Waals surface area contributed by atoms with Gasteiger partial charge < -0.3 is 14.5 Å². The van der Waals surface area contributed by atoms with E-state index < -0.39 is 0 Å². The first kappa shape index (κ1) is 21.7. The summed E-state index contributed by atoms with van der Waals surface area (Å²) in [6.45, 7) is 6.29. The molecule has 0 aliphatic carbocycles. The number of anilines is 1. The highest BCUT2D eigenvalue weighted by Gasteiger charge is 2.30. The maximum absolute atomic E-state index is 13.0. The van der Waals surface area contributed by atoms with Crippen LogP contribution in [0.1, 0.15) is 24.5 Å². The number of carbonyl (C=O) groups excluding carboxylic acids is 2. The molecular weight excluding hydrogens is 404 g/mol. The molecule has 1 atom stereocenters. The van der Waals surface area contributed by atoms with E-state index >= 15 is 0 Å². The third-order valence-electron chi connectivity index (χ3n) is 6.05. The molecule has 0 saturated carbocycles. The van der Waals surface area contributed by atoms with Crippen molar-refractivity contribution in [2.45, 2.75) is 26.3 Å². The van der Waals surface area contributed by atoms with Crippen molar-refractivity contribution < 1.29 is 14.3 Å². The molecule has 2 aliphatic heterocycles. The second-order valence-corrected chi connectivity index (χ2v) is 8.36. The molecule has 1 unspecified atom stereocenters. The van der Waals surface area contributed by atoms with Gasteiger partial charge in [0.1, 0.15) is 12.3 Å². The highest BCUT2D eigenvalue weighted by molar-refractivity contribution is 5.88. The average Bonchev–Trinajstić information content (AvgIpc) is 2.80. The lowest BCUT2D eigenvalue weighted by Crippen LogP contribution is -2.57. The molecule has 7 heteroatoms. The van der Waals surface area contributed by atoms with E-state index in [1.165, 1.54) is 16.3 Å². The summed E-state index contributed by atoms with van der Waals surface area (Å²) in [5, 5.41) is 1.43. The number of hydrazine groups is 1. The fourth-order valence-corrected chi connectivity index (χ4v) is 4.24. The summed E-state index contributed by atoms with van der Waals surface area (Å²) in [5.41, 5.74) is 7.30. The quantitative estimate of drug-likeness (QED) is 0.784. The van der Waals surface area contributed by atoms with Gasteiger partial charge in [-0.05, 0) is 67.4 Å². The lowest BCUT2D eigenvalue weighted by atomic mass is 10.1. The summed E-state index contributed by atoms with van der Waals surface area (Å²) in [4.78, 5) is 29.7. The Bertz CT molecular complexity index is 1020. The van der Waals surface area contributed by atoms with Gasteiger partial charge in [-0.15, -0.1) is 0 Å². The van der Waals surface area contributed by atoms with Gasteiger partial charge in [0, 0.05) is 37.8 Å². The topological polar surface area (TPSA) is 65.1 Å². The maximum Gasteiger partial charge on any atom is 0.245 e. The number of nitrogens with one attached hydrogen (secondary N) is 1. The smallest absolute Gasteiger partial charge is 0.245 e. The number of carbonyl (C=O) groups is 2. The average molecular weight is 435 g/mol. The van der Waals surface area contributed by atoms with Crippen LogP contribution in [0.4, 0.5) is 5.69 Å². The first-order valence-corrected chi connectivity index (χ1v) is 11.0. The van der Waals surface area contributed by atoms with E-state index in [0.29, 0.717) is 13.1 Å². The molecule has 1 N–H and O–H groups in total. The number of ether oxygens (including phenoxy) is 1. The first-order chi connectivity index (χ1) is 15.4. The largest absolute Gasteiger partial charge is 0.497 e. The van der Waals surface area contributed by atoms with Crippen LogP contribution in [0, 0.1) is 6.92 Å². The summed E-state index contributed by atoms with van der Waals surface area (Å²) in [6.07, 6.45) is 2.12. The molecule has 0 spiro atoms. The highest BCUT2D eigenvalue weighted by atomic mass is 16.5. The van der Waals surface area contributed by atoms with Crippen molar-refractivity contribution in [2.75, 3.05) is 38.2 Å². The van der Waals surface area contributed by atoms with Crippen molar-refractivity contribution in [1.82, 2.24) is 15.3 Å². The van der Waals surface area contributed by atoms with Crippen LogP contribution in [0.3, 0.4) is 0 Å². The molecule has 4 rings (SSSR count). The summed E-state index contributed by atoms with van der Waals surface area (Å²) in [6, 6.07) is 16.3. The SMILES string of the molecule is COc1ccc(C2=CCC(=O)N(CC(=O)N3CCN(c4cccc(C)c4)C(C)C3)N2)cc1. The minimum absolute atomic E-state index is 0.0174. The van der Waals surface area contributed by atoms with Gasteiger partial charge in [-0.25, -0.2) is 5.01 Å². The molecule has 0 bridgehead atoms. The van der Waals surface area contributed by atoms with E-state index in [1.54, 1.807) is 7.11 Å². The molecule has 2 heterocycles.